The maximum atomic E-state index is 10.8. The number of halogens is 1. The Balaban J connectivity index is 2.60. The SMILES string of the molecule is O=[N+]([O-])c1cnccc1-c1cccc(Cl)c1. The van der Waals surface area contributed by atoms with Crippen molar-refractivity contribution in [1.29, 1.82) is 0 Å². The number of hydrogen-bond acceptors (Lipinski definition) is 3. The lowest BCUT2D eigenvalue weighted by molar-refractivity contribution is -0.384. The second kappa shape index (κ2) is 4.28. The predicted octanol–water partition coefficient (Wildman–Crippen LogP) is 3.31. The molecule has 0 unspecified atom stereocenters. The first-order valence-electron chi connectivity index (χ1n) is 4.53. The van der Waals surface area contributed by atoms with Gasteiger partial charge in [-0.15, -0.1) is 0 Å². The summed E-state index contributed by atoms with van der Waals surface area (Å²) in [6.07, 6.45) is 2.75. The van der Waals surface area contributed by atoms with Gasteiger partial charge in [0.2, 0.25) is 0 Å². The van der Waals surface area contributed by atoms with Gasteiger partial charge in [-0.25, -0.2) is 0 Å². The van der Waals surface area contributed by atoms with Gasteiger partial charge in [-0.3, -0.25) is 15.1 Å². The van der Waals surface area contributed by atoms with Gasteiger partial charge in [-0.05, 0) is 23.8 Å². The Hall–Kier alpha value is -1.94. The zero-order valence-electron chi connectivity index (χ0n) is 8.13. The van der Waals surface area contributed by atoms with Crippen LogP contribution >= 0.6 is 11.6 Å². The molecule has 1 aromatic heterocycles. The second-order valence-corrected chi connectivity index (χ2v) is 3.60. The highest BCUT2D eigenvalue weighted by atomic mass is 35.5. The van der Waals surface area contributed by atoms with Crippen LogP contribution in [0, 0.1) is 10.1 Å². The fourth-order valence-electron chi connectivity index (χ4n) is 1.43. The van der Waals surface area contributed by atoms with Crippen LogP contribution in [0.15, 0.2) is 42.7 Å². The summed E-state index contributed by atoms with van der Waals surface area (Å²) in [7, 11) is 0. The van der Waals surface area contributed by atoms with Gasteiger partial charge in [0, 0.05) is 11.2 Å². The lowest BCUT2D eigenvalue weighted by Gasteiger charge is -2.02. The molecule has 0 bridgehead atoms. The van der Waals surface area contributed by atoms with Crippen molar-refractivity contribution >= 4 is 17.3 Å². The molecule has 0 fully saturated rings. The van der Waals surface area contributed by atoms with E-state index in [0.717, 1.165) is 0 Å². The van der Waals surface area contributed by atoms with E-state index in [9.17, 15) is 10.1 Å². The van der Waals surface area contributed by atoms with E-state index in [4.69, 9.17) is 11.6 Å². The minimum Gasteiger partial charge on any atom is -0.258 e. The lowest BCUT2D eigenvalue weighted by Crippen LogP contribution is -1.92. The Morgan fingerprint density at radius 2 is 2.12 bits per heavy atom. The van der Waals surface area contributed by atoms with Crippen molar-refractivity contribution in [3.63, 3.8) is 0 Å². The smallest absolute Gasteiger partial charge is 0.258 e. The van der Waals surface area contributed by atoms with Crippen LogP contribution in [0.2, 0.25) is 5.02 Å². The fraction of sp³-hybridized carbons (Fsp3) is 0. The first-order chi connectivity index (χ1) is 7.68. The Kier molecular flexibility index (Phi) is 2.83. The van der Waals surface area contributed by atoms with Gasteiger partial charge in [0.15, 0.2) is 0 Å². The molecule has 16 heavy (non-hydrogen) atoms. The highest BCUT2D eigenvalue weighted by molar-refractivity contribution is 6.30. The first kappa shape index (κ1) is 10.6. The molecule has 5 heteroatoms. The molecule has 0 aliphatic carbocycles. The molecule has 0 radical (unpaired) electrons. The molecule has 0 atom stereocenters. The Morgan fingerprint density at radius 3 is 2.81 bits per heavy atom. The summed E-state index contributed by atoms with van der Waals surface area (Å²) in [5, 5.41) is 11.4. The summed E-state index contributed by atoms with van der Waals surface area (Å²) in [6, 6.07) is 8.53. The summed E-state index contributed by atoms with van der Waals surface area (Å²) >= 11 is 5.84. The van der Waals surface area contributed by atoms with E-state index in [1.165, 1.54) is 12.4 Å². The molecular formula is C11H7ClN2O2. The molecule has 0 spiro atoms. The molecule has 0 saturated carbocycles. The van der Waals surface area contributed by atoms with E-state index in [1.807, 2.05) is 0 Å². The summed E-state index contributed by atoms with van der Waals surface area (Å²) < 4.78 is 0. The van der Waals surface area contributed by atoms with Gasteiger partial charge in [0.25, 0.3) is 5.69 Å². The zero-order valence-corrected chi connectivity index (χ0v) is 8.89. The topological polar surface area (TPSA) is 56.0 Å². The van der Waals surface area contributed by atoms with Gasteiger partial charge in [-0.1, -0.05) is 23.7 Å². The van der Waals surface area contributed by atoms with Crippen molar-refractivity contribution in [3.8, 4) is 11.1 Å². The molecule has 1 heterocycles. The first-order valence-corrected chi connectivity index (χ1v) is 4.90. The molecule has 1 aromatic carbocycles. The van der Waals surface area contributed by atoms with E-state index in [-0.39, 0.29) is 5.69 Å². The molecule has 2 rings (SSSR count). The number of pyridine rings is 1. The molecule has 4 nitrogen and oxygen atoms in total. The molecule has 2 aromatic rings. The number of hydrogen-bond donors (Lipinski definition) is 0. The molecule has 0 amide bonds. The van der Waals surface area contributed by atoms with Crippen molar-refractivity contribution in [2.75, 3.05) is 0 Å². The summed E-state index contributed by atoms with van der Waals surface area (Å²) in [4.78, 5) is 14.1. The van der Waals surface area contributed by atoms with Gasteiger partial charge < -0.3 is 0 Å². The third kappa shape index (κ3) is 2.01. The van der Waals surface area contributed by atoms with Crippen LogP contribution in [0.4, 0.5) is 5.69 Å². The van der Waals surface area contributed by atoms with E-state index in [1.54, 1.807) is 30.3 Å². The normalized spacial score (nSPS) is 10.1. The van der Waals surface area contributed by atoms with Gasteiger partial charge in [0.1, 0.15) is 6.20 Å². The van der Waals surface area contributed by atoms with Gasteiger partial charge in [-0.2, -0.15) is 0 Å². The predicted molar refractivity (Wildman–Crippen MR) is 61.3 cm³/mol. The minimum absolute atomic E-state index is 0.0234. The quantitative estimate of drug-likeness (QED) is 0.592. The van der Waals surface area contributed by atoms with Crippen LogP contribution in [0.5, 0.6) is 0 Å². The molecule has 0 aliphatic heterocycles. The number of benzene rings is 1. The maximum Gasteiger partial charge on any atom is 0.295 e. The minimum atomic E-state index is -0.455. The summed E-state index contributed by atoms with van der Waals surface area (Å²) in [5.41, 5.74) is 1.20. The molecular weight excluding hydrogens is 228 g/mol. The number of aromatic nitrogens is 1. The monoisotopic (exact) mass is 234 g/mol. The van der Waals surface area contributed by atoms with Crippen LogP contribution < -0.4 is 0 Å². The van der Waals surface area contributed by atoms with Gasteiger partial charge >= 0.3 is 0 Å². The summed E-state index contributed by atoms with van der Waals surface area (Å²) in [6.45, 7) is 0. The third-order valence-electron chi connectivity index (χ3n) is 2.13. The van der Waals surface area contributed by atoms with Crippen LogP contribution in [-0.2, 0) is 0 Å². The average Bonchev–Trinajstić information content (AvgIpc) is 2.29. The van der Waals surface area contributed by atoms with E-state index >= 15 is 0 Å². The van der Waals surface area contributed by atoms with Crippen molar-refractivity contribution in [2.24, 2.45) is 0 Å². The zero-order chi connectivity index (χ0) is 11.5. The Bertz CT molecular complexity index is 543. The maximum absolute atomic E-state index is 10.8. The van der Waals surface area contributed by atoms with E-state index < -0.39 is 4.92 Å². The van der Waals surface area contributed by atoms with Crippen LogP contribution in [-0.4, -0.2) is 9.91 Å². The summed E-state index contributed by atoms with van der Waals surface area (Å²) in [5.74, 6) is 0. The van der Waals surface area contributed by atoms with Crippen molar-refractivity contribution < 1.29 is 4.92 Å². The number of nitro groups is 1. The van der Waals surface area contributed by atoms with Crippen LogP contribution in [0.25, 0.3) is 11.1 Å². The van der Waals surface area contributed by atoms with E-state index in [2.05, 4.69) is 4.98 Å². The highest BCUT2D eigenvalue weighted by Gasteiger charge is 2.14. The van der Waals surface area contributed by atoms with Crippen molar-refractivity contribution in [2.45, 2.75) is 0 Å². The molecule has 0 aliphatic rings. The van der Waals surface area contributed by atoms with Crippen molar-refractivity contribution in [1.82, 2.24) is 4.98 Å². The van der Waals surface area contributed by atoms with Crippen LogP contribution in [0.1, 0.15) is 0 Å². The van der Waals surface area contributed by atoms with Gasteiger partial charge in [0.05, 0.1) is 10.5 Å². The fourth-order valence-corrected chi connectivity index (χ4v) is 1.62. The third-order valence-corrected chi connectivity index (χ3v) is 2.37. The number of rotatable bonds is 2. The second-order valence-electron chi connectivity index (χ2n) is 3.16. The average molecular weight is 235 g/mol. The largest absolute Gasteiger partial charge is 0.295 e. The molecule has 0 N–H and O–H groups in total. The molecule has 0 saturated heterocycles. The molecule has 80 valence electrons. The Morgan fingerprint density at radius 1 is 1.31 bits per heavy atom. The Labute approximate surface area is 96.7 Å². The lowest BCUT2D eigenvalue weighted by atomic mass is 10.1. The van der Waals surface area contributed by atoms with Crippen molar-refractivity contribution in [3.05, 3.63) is 57.9 Å². The highest BCUT2D eigenvalue weighted by Crippen LogP contribution is 2.29. The van der Waals surface area contributed by atoms with Crippen LogP contribution in [0.3, 0.4) is 0 Å². The number of nitrogens with zero attached hydrogens (tertiary/aromatic N) is 2. The standard InChI is InChI=1S/C11H7ClN2O2/c12-9-3-1-2-8(6-9)10-4-5-13-7-11(10)14(15)16/h1-7H. The van der Waals surface area contributed by atoms with E-state index in [0.29, 0.717) is 16.1 Å².